The Labute approximate surface area is 83.3 Å². The molecule has 0 saturated heterocycles. The molecule has 3 aliphatic rings. The molecule has 0 aromatic carbocycles. The van der Waals surface area contributed by atoms with E-state index in [1.807, 2.05) is 7.05 Å². The van der Waals surface area contributed by atoms with Crippen LogP contribution in [0.1, 0.15) is 37.3 Å². The quantitative estimate of drug-likeness (QED) is 0.730. The van der Waals surface area contributed by atoms with E-state index in [2.05, 4.69) is 11.2 Å². The minimum absolute atomic E-state index is 0.702. The van der Waals surface area contributed by atoms with E-state index in [0.717, 1.165) is 11.7 Å². The average molecular weight is 189 g/mol. The molecule has 0 amide bonds. The molecular weight excluding hydrogens is 174 g/mol. The standard InChI is InChI=1S/C11H15N3/c1-14-8(12)6-7(13-14)9-10(2-3-10)11(9)4-5-11/h6,9H,2-5,12H2,1H3. The zero-order valence-electron chi connectivity index (χ0n) is 8.45. The maximum atomic E-state index is 5.82. The number of nitrogens with two attached hydrogens (primary N) is 1. The number of nitrogens with zero attached hydrogens (tertiary/aromatic N) is 2. The fourth-order valence-electron chi connectivity index (χ4n) is 3.79. The minimum Gasteiger partial charge on any atom is -0.384 e. The monoisotopic (exact) mass is 189 g/mol. The fourth-order valence-corrected chi connectivity index (χ4v) is 3.79. The highest BCUT2D eigenvalue weighted by molar-refractivity contribution is 5.47. The molecule has 0 aliphatic heterocycles. The molecule has 14 heavy (non-hydrogen) atoms. The summed E-state index contributed by atoms with van der Waals surface area (Å²) in [5.41, 5.74) is 8.49. The second kappa shape index (κ2) is 1.73. The molecule has 0 radical (unpaired) electrons. The van der Waals surface area contributed by atoms with Gasteiger partial charge in [0.25, 0.3) is 0 Å². The molecule has 0 atom stereocenters. The van der Waals surface area contributed by atoms with Gasteiger partial charge in [-0.25, -0.2) is 0 Å². The van der Waals surface area contributed by atoms with E-state index in [0.29, 0.717) is 10.8 Å². The molecule has 3 saturated carbocycles. The summed E-state index contributed by atoms with van der Waals surface area (Å²) in [5.74, 6) is 1.57. The van der Waals surface area contributed by atoms with E-state index < -0.39 is 0 Å². The largest absolute Gasteiger partial charge is 0.384 e. The summed E-state index contributed by atoms with van der Waals surface area (Å²) in [5, 5.41) is 4.54. The maximum absolute atomic E-state index is 5.82. The van der Waals surface area contributed by atoms with Crippen LogP contribution in [0.15, 0.2) is 6.07 Å². The normalized spacial score (nSPS) is 29.8. The van der Waals surface area contributed by atoms with Gasteiger partial charge in [0.2, 0.25) is 0 Å². The number of aryl methyl sites for hydroxylation is 1. The molecule has 2 N–H and O–H groups in total. The number of aromatic nitrogens is 2. The molecule has 1 aromatic heterocycles. The van der Waals surface area contributed by atoms with Gasteiger partial charge in [0.05, 0.1) is 5.69 Å². The first-order valence-electron chi connectivity index (χ1n) is 5.49. The molecule has 74 valence electrons. The highest BCUT2D eigenvalue weighted by atomic mass is 15.3. The first-order chi connectivity index (χ1) is 6.70. The molecule has 3 nitrogen and oxygen atoms in total. The van der Waals surface area contributed by atoms with Gasteiger partial charge in [0, 0.05) is 19.0 Å². The van der Waals surface area contributed by atoms with Crippen LogP contribution in [0.4, 0.5) is 5.82 Å². The number of hydrogen-bond acceptors (Lipinski definition) is 2. The molecular formula is C11H15N3. The Balaban J connectivity index is 1.77. The van der Waals surface area contributed by atoms with Crippen LogP contribution in [0.5, 0.6) is 0 Å². The summed E-state index contributed by atoms with van der Waals surface area (Å²) in [4.78, 5) is 0. The molecule has 0 bridgehead atoms. The number of rotatable bonds is 1. The highest BCUT2D eigenvalue weighted by Crippen LogP contribution is 2.95. The number of nitrogen functional groups attached to an aromatic ring is 1. The van der Waals surface area contributed by atoms with Crippen molar-refractivity contribution in [2.24, 2.45) is 17.9 Å². The lowest BCUT2D eigenvalue weighted by Crippen LogP contribution is -1.97. The first kappa shape index (κ1) is 7.32. The summed E-state index contributed by atoms with van der Waals surface area (Å²) >= 11 is 0. The molecule has 3 heteroatoms. The number of anilines is 1. The third-order valence-electron chi connectivity index (χ3n) is 4.82. The van der Waals surface area contributed by atoms with Gasteiger partial charge in [-0.1, -0.05) is 0 Å². The van der Waals surface area contributed by atoms with Crippen LogP contribution in [0, 0.1) is 10.8 Å². The Kier molecular flexibility index (Phi) is 0.905. The van der Waals surface area contributed by atoms with Crippen LogP contribution in [0.3, 0.4) is 0 Å². The van der Waals surface area contributed by atoms with Crippen LogP contribution >= 0.6 is 0 Å². The first-order valence-corrected chi connectivity index (χ1v) is 5.49. The molecule has 0 unspecified atom stereocenters. The fraction of sp³-hybridized carbons (Fsp3) is 0.727. The molecule has 1 heterocycles. The Hall–Kier alpha value is -0.990. The highest BCUT2D eigenvalue weighted by Gasteiger charge is 2.87. The van der Waals surface area contributed by atoms with Crippen molar-refractivity contribution in [2.75, 3.05) is 5.73 Å². The van der Waals surface area contributed by atoms with Crippen molar-refractivity contribution >= 4 is 5.82 Å². The van der Waals surface area contributed by atoms with Crippen molar-refractivity contribution in [3.05, 3.63) is 11.8 Å². The van der Waals surface area contributed by atoms with Crippen LogP contribution in [0.25, 0.3) is 0 Å². The second-order valence-electron chi connectivity index (χ2n) is 5.36. The van der Waals surface area contributed by atoms with Crippen LogP contribution in [0.2, 0.25) is 0 Å². The lowest BCUT2D eigenvalue weighted by atomic mass is 10.2. The SMILES string of the molecule is Cn1nc(C2C3(CC3)C23CC3)cc1N. The van der Waals surface area contributed by atoms with Crippen LogP contribution < -0.4 is 5.73 Å². The topological polar surface area (TPSA) is 43.8 Å². The molecule has 1 aromatic rings. The van der Waals surface area contributed by atoms with Crippen molar-refractivity contribution in [2.45, 2.75) is 31.6 Å². The lowest BCUT2D eigenvalue weighted by molar-refractivity contribution is 0.716. The Morgan fingerprint density at radius 2 is 1.93 bits per heavy atom. The third-order valence-corrected chi connectivity index (χ3v) is 4.82. The summed E-state index contributed by atoms with van der Waals surface area (Å²) in [6, 6.07) is 2.08. The van der Waals surface area contributed by atoms with Crippen LogP contribution in [-0.4, -0.2) is 9.78 Å². The zero-order chi connectivity index (χ0) is 9.55. The maximum Gasteiger partial charge on any atom is 0.121 e. The van der Waals surface area contributed by atoms with Crippen molar-refractivity contribution in [1.82, 2.24) is 9.78 Å². The minimum atomic E-state index is 0.702. The predicted octanol–water partition coefficient (Wildman–Crippen LogP) is 1.66. The van der Waals surface area contributed by atoms with Crippen LogP contribution in [-0.2, 0) is 7.05 Å². The van der Waals surface area contributed by atoms with Crippen molar-refractivity contribution in [3.8, 4) is 0 Å². The lowest BCUT2D eigenvalue weighted by Gasteiger charge is -1.90. The third kappa shape index (κ3) is 0.570. The van der Waals surface area contributed by atoms with E-state index in [1.165, 1.54) is 31.4 Å². The second-order valence-corrected chi connectivity index (χ2v) is 5.36. The van der Waals surface area contributed by atoms with Gasteiger partial charge < -0.3 is 5.73 Å². The molecule has 2 spiro atoms. The molecule has 4 rings (SSSR count). The Bertz CT molecular complexity index is 386. The summed E-state index contributed by atoms with van der Waals surface area (Å²) in [6.07, 6.45) is 5.75. The van der Waals surface area contributed by atoms with E-state index in [1.54, 1.807) is 4.68 Å². The van der Waals surface area contributed by atoms with Gasteiger partial charge in [-0.2, -0.15) is 5.10 Å². The van der Waals surface area contributed by atoms with Crippen molar-refractivity contribution < 1.29 is 0 Å². The van der Waals surface area contributed by atoms with E-state index in [9.17, 15) is 0 Å². The molecule has 3 aliphatic carbocycles. The van der Waals surface area contributed by atoms with Gasteiger partial charge in [0.15, 0.2) is 0 Å². The van der Waals surface area contributed by atoms with Crippen molar-refractivity contribution in [1.29, 1.82) is 0 Å². The number of hydrogen-bond donors (Lipinski definition) is 1. The van der Waals surface area contributed by atoms with Crippen molar-refractivity contribution in [3.63, 3.8) is 0 Å². The van der Waals surface area contributed by atoms with Gasteiger partial charge in [-0.05, 0) is 36.5 Å². The predicted molar refractivity (Wildman–Crippen MR) is 53.7 cm³/mol. The van der Waals surface area contributed by atoms with Gasteiger partial charge in [0.1, 0.15) is 5.82 Å². The summed E-state index contributed by atoms with van der Waals surface area (Å²) < 4.78 is 1.81. The molecule has 3 fully saturated rings. The summed E-state index contributed by atoms with van der Waals surface area (Å²) in [6.45, 7) is 0. The zero-order valence-corrected chi connectivity index (χ0v) is 8.45. The van der Waals surface area contributed by atoms with E-state index in [4.69, 9.17) is 5.73 Å². The van der Waals surface area contributed by atoms with Gasteiger partial charge >= 0.3 is 0 Å². The average Bonchev–Trinajstić information content (AvgIpc) is 3.01. The summed E-state index contributed by atoms with van der Waals surface area (Å²) in [7, 11) is 1.93. The van der Waals surface area contributed by atoms with E-state index >= 15 is 0 Å². The smallest absolute Gasteiger partial charge is 0.121 e. The van der Waals surface area contributed by atoms with Gasteiger partial charge in [-0.3, -0.25) is 4.68 Å². The van der Waals surface area contributed by atoms with Gasteiger partial charge in [-0.15, -0.1) is 0 Å². The Morgan fingerprint density at radius 3 is 2.29 bits per heavy atom. The Morgan fingerprint density at radius 1 is 1.36 bits per heavy atom. The number of fused-ring (bicyclic) bond motifs is 1. The van der Waals surface area contributed by atoms with E-state index in [-0.39, 0.29) is 0 Å².